The molecule has 5 nitrogen and oxygen atoms in total. The SMILES string of the molecule is CS(=O)(=O)N1CC2CN(C3CCOC3)CCC2(c2ccccc2)C1. The molecule has 0 aliphatic carbocycles. The standard InChI is InChI=1S/C18H26N2O3S/c1-24(21,22)20-12-16-11-19(17-7-10-23-13-17)9-8-18(16,14-20)15-5-3-2-4-6-15/h2-6,16-17H,7-14H2,1H3. The first-order valence-electron chi connectivity index (χ1n) is 8.81. The van der Waals surface area contributed by atoms with Gasteiger partial charge in [-0.3, -0.25) is 4.90 Å². The molecule has 0 aromatic heterocycles. The van der Waals surface area contributed by atoms with E-state index >= 15 is 0 Å². The first-order chi connectivity index (χ1) is 11.5. The lowest BCUT2D eigenvalue weighted by atomic mass is 9.67. The summed E-state index contributed by atoms with van der Waals surface area (Å²) >= 11 is 0. The van der Waals surface area contributed by atoms with Crippen LogP contribution in [0.3, 0.4) is 0 Å². The number of hydrogen-bond acceptors (Lipinski definition) is 4. The van der Waals surface area contributed by atoms with E-state index in [1.807, 2.05) is 6.07 Å². The van der Waals surface area contributed by atoms with Gasteiger partial charge in [-0.05, 0) is 30.9 Å². The molecule has 4 rings (SSSR count). The van der Waals surface area contributed by atoms with Gasteiger partial charge in [-0.2, -0.15) is 0 Å². The van der Waals surface area contributed by atoms with Crippen LogP contribution in [0.25, 0.3) is 0 Å². The molecular formula is C18H26N2O3S. The Morgan fingerprint density at radius 2 is 2.00 bits per heavy atom. The summed E-state index contributed by atoms with van der Waals surface area (Å²) in [5.41, 5.74) is 1.25. The second-order valence-corrected chi connectivity index (χ2v) is 9.52. The smallest absolute Gasteiger partial charge is 0.211 e. The summed E-state index contributed by atoms with van der Waals surface area (Å²) in [6.07, 6.45) is 3.46. The monoisotopic (exact) mass is 350 g/mol. The zero-order chi connectivity index (χ0) is 16.8. The molecule has 24 heavy (non-hydrogen) atoms. The van der Waals surface area contributed by atoms with Crippen LogP contribution in [0.15, 0.2) is 30.3 Å². The van der Waals surface area contributed by atoms with Crippen molar-refractivity contribution in [3.63, 3.8) is 0 Å². The Hall–Kier alpha value is -0.950. The van der Waals surface area contributed by atoms with Crippen molar-refractivity contribution in [2.45, 2.75) is 24.3 Å². The summed E-state index contributed by atoms with van der Waals surface area (Å²) in [4.78, 5) is 2.53. The first kappa shape index (κ1) is 16.5. The van der Waals surface area contributed by atoms with Crippen molar-refractivity contribution in [3.8, 4) is 0 Å². The zero-order valence-corrected chi connectivity index (χ0v) is 15.0. The number of likely N-dealkylation sites (tertiary alicyclic amines) is 1. The summed E-state index contributed by atoms with van der Waals surface area (Å²) in [5, 5.41) is 0. The van der Waals surface area contributed by atoms with E-state index in [0.29, 0.717) is 25.0 Å². The highest BCUT2D eigenvalue weighted by atomic mass is 32.2. The van der Waals surface area contributed by atoms with E-state index in [2.05, 4.69) is 29.2 Å². The number of benzene rings is 1. The van der Waals surface area contributed by atoms with E-state index in [-0.39, 0.29) is 5.41 Å². The molecule has 3 saturated heterocycles. The van der Waals surface area contributed by atoms with Gasteiger partial charge in [-0.1, -0.05) is 30.3 Å². The van der Waals surface area contributed by atoms with Crippen molar-refractivity contribution >= 4 is 10.0 Å². The molecule has 3 unspecified atom stereocenters. The first-order valence-corrected chi connectivity index (χ1v) is 10.7. The second-order valence-electron chi connectivity index (χ2n) is 7.54. The largest absolute Gasteiger partial charge is 0.380 e. The lowest BCUT2D eigenvalue weighted by Gasteiger charge is -2.45. The molecule has 0 spiro atoms. The van der Waals surface area contributed by atoms with Crippen LogP contribution in [0, 0.1) is 5.92 Å². The number of nitrogens with zero attached hydrogens (tertiary/aromatic N) is 2. The van der Waals surface area contributed by atoms with Gasteiger partial charge in [0.15, 0.2) is 0 Å². The number of piperidine rings is 1. The van der Waals surface area contributed by atoms with Crippen LogP contribution in [0.2, 0.25) is 0 Å². The number of ether oxygens (including phenoxy) is 1. The Labute approximate surface area is 144 Å². The molecule has 0 radical (unpaired) electrons. The lowest BCUT2D eigenvalue weighted by Crippen LogP contribution is -2.52. The third-order valence-electron chi connectivity index (χ3n) is 6.20. The maximum atomic E-state index is 12.2. The van der Waals surface area contributed by atoms with Crippen LogP contribution < -0.4 is 0 Å². The van der Waals surface area contributed by atoms with E-state index in [9.17, 15) is 8.42 Å². The molecule has 3 atom stereocenters. The second kappa shape index (κ2) is 6.09. The van der Waals surface area contributed by atoms with Crippen molar-refractivity contribution in [2.24, 2.45) is 5.92 Å². The summed E-state index contributed by atoms with van der Waals surface area (Å²) in [6.45, 7) is 4.92. The van der Waals surface area contributed by atoms with Crippen LogP contribution in [0.5, 0.6) is 0 Å². The summed E-state index contributed by atoms with van der Waals surface area (Å²) in [5.74, 6) is 0.351. The van der Waals surface area contributed by atoms with Gasteiger partial charge in [-0.25, -0.2) is 12.7 Å². The molecule has 1 aromatic carbocycles. The average molecular weight is 350 g/mol. The molecule has 0 bridgehead atoms. The number of rotatable bonds is 3. The maximum Gasteiger partial charge on any atom is 0.211 e. The van der Waals surface area contributed by atoms with Gasteiger partial charge >= 0.3 is 0 Å². The van der Waals surface area contributed by atoms with Gasteiger partial charge in [0.05, 0.1) is 12.9 Å². The molecule has 3 fully saturated rings. The number of fused-ring (bicyclic) bond motifs is 1. The molecule has 0 saturated carbocycles. The number of hydrogen-bond donors (Lipinski definition) is 0. The van der Waals surface area contributed by atoms with Gasteiger partial charge in [0.2, 0.25) is 10.0 Å². The topological polar surface area (TPSA) is 49.9 Å². The third-order valence-corrected chi connectivity index (χ3v) is 7.42. The Morgan fingerprint density at radius 3 is 2.67 bits per heavy atom. The third kappa shape index (κ3) is 2.79. The van der Waals surface area contributed by atoms with E-state index < -0.39 is 10.0 Å². The molecule has 0 amide bonds. The fourth-order valence-corrected chi connectivity index (χ4v) is 5.71. The molecule has 3 heterocycles. The highest BCUT2D eigenvalue weighted by Gasteiger charge is 2.53. The minimum absolute atomic E-state index is 0.0414. The summed E-state index contributed by atoms with van der Waals surface area (Å²) in [6, 6.07) is 11.0. The minimum Gasteiger partial charge on any atom is -0.380 e. The van der Waals surface area contributed by atoms with Crippen molar-refractivity contribution in [3.05, 3.63) is 35.9 Å². The van der Waals surface area contributed by atoms with Crippen LogP contribution in [-0.4, -0.2) is 69.3 Å². The quantitative estimate of drug-likeness (QED) is 0.825. The van der Waals surface area contributed by atoms with Gasteiger partial charge in [0, 0.05) is 37.7 Å². The Kier molecular flexibility index (Phi) is 4.19. The zero-order valence-electron chi connectivity index (χ0n) is 14.2. The average Bonchev–Trinajstić information content (AvgIpc) is 3.22. The Balaban J connectivity index is 1.65. The lowest BCUT2D eigenvalue weighted by molar-refractivity contribution is 0.0740. The minimum atomic E-state index is -3.15. The van der Waals surface area contributed by atoms with Gasteiger partial charge in [-0.15, -0.1) is 0 Å². The predicted molar refractivity (Wildman–Crippen MR) is 93.4 cm³/mol. The molecule has 3 aliphatic rings. The van der Waals surface area contributed by atoms with Gasteiger partial charge < -0.3 is 4.74 Å². The molecule has 6 heteroatoms. The molecule has 1 aromatic rings. The van der Waals surface area contributed by atoms with Gasteiger partial charge in [0.1, 0.15) is 0 Å². The van der Waals surface area contributed by atoms with Gasteiger partial charge in [0.25, 0.3) is 0 Å². The van der Waals surface area contributed by atoms with Crippen molar-refractivity contribution in [1.29, 1.82) is 0 Å². The van der Waals surface area contributed by atoms with Crippen LogP contribution in [0.1, 0.15) is 18.4 Å². The van der Waals surface area contributed by atoms with E-state index in [0.717, 1.165) is 39.1 Å². The number of sulfonamides is 1. The maximum absolute atomic E-state index is 12.2. The summed E-state index contributed by atoms with van der Waals surface area (Å²) in [7, 11) is -3.15. The van der Waals surface area contributed by atoms with Crippen molar-refractivity contribution in [2.75, 3.05) is 45.6 Å². The normalized spacial score (nSPS) is 35.2. The fourth-order valence-electron chi connectivity index (χ4n) is 4.80. The Bertz CT molecular complexity index is 687. The highest BCUT2D eigenvalue weighted by molar-refractivity contribution is 7.88. The van der Waals surface area contributed by atoms with Crippen molar-refractivity contribution < 1.29 is 13.2 Å². The van der Waals surface area contributed by atoms with E-state index in [4.69, 9.17) is 4.74 Å². The fraction of sp³-hybridized carbons (Fsp3) is 0.667. The summed E-state index contributed by atoms with van der Waals surface area (Å²) < 4.78 is 31.6. The molecular weight excluding hydrogens is 324 g/mol. The van der Waals surface area contributed by atoms with E-state index in [1.54, 1.807) is 4.31 Å². The predicted octanol–water partition coefficient (Wildman–Crippen LogP) is 1.31. The molecule has 132 valence electrons. The Morgan fingerprint density at radius 1 is 1.21 bits per heavy atom. The van der Waals surface area contributed by atoms with Crippen molar-refractivity contribution in [1.82, 2.24) is 9.21 Å². The van der Waals surface area contributed by atoms with Crippen LogP contribution in [-0.2, 0) is 20.2 Å². The van der Waals surface area contributed by atoms with Crippen LogP contribution >= 0.6 is 0 Å². The molecule has 3 aliphatic heterocycles. The molecule has 0 N–H and O–H groups in total. The van der Waals surface area contributed by atoms with E-state index in [1.165, 1.54) is 11.8 Å². The highest BCUT2D eigenvalue weighted by Crippen LogP contribution is 2.46. The van der Waals surface area contributed by atoms with Crippen LogP contribution in [0.4, 0.5) is 0 Å².